The summed E-state index contributed by atoms with van der Waals surface area (Å²) in [4.78, 5) is 95.8. The quantitative estimate of drug-likeness (QED) is 0.162. The summed E-state index contributed by atoms with van der Waals surface area (Å²) < 4.78 is 4.76. The summed E-state index contributed by atoms with van der Waals surface area (Å²) in [6.45, 7) is 2.98. The summed E-state index contributed by atoms with van der Waals surface area (Å²) in [5.74, 6) is -0.662. The number of urea groups is 2. The largest absolute Gasteiger partial charge is 0.477 e. The molecule has 4 amide bonds. The van der Waals surface area contributed by atoms with Gasteiger partial charge in [-0.15, -0.1) is 0 Å². The van der Waals surface area contributed by atoms with Crippen LogP contribution in [0.3, 0.4) is 0 Å². The number of hydrogen-bond acceptors (Lipinski definition) is 15. The predicted molar refractivity (Wildman–Crippen MR) is 194 cm³/mol. The number of esters is 1. The number of amides is 4. The molecule has 22 heteroatoms. The van der Waals surface area contributed by atoms with Crippen molar-refractivity contribution in [2.75, 3.05) is 63.5 Å². The zero-order valence-corrected chi connectivity index (χ0v) is 28.9. The minimum absolute atomic E-state index is 0.0537. The highest BCUT2D eigenvalue weighted by Crippen LogP contribution is 2.40. The van der Waals surface area contributed by atoms with Crippen LogP contribution in [-0.2, 0) is 4.74 Å². The van der Waals surface area contributed by atoms with E-state index in [1.54, 1.807) is 29.3 Å². The topological polar surface area (TPSA) is 269 Å². The van der Waals surface area contributed by atoms with E-state index in [2.05, 4.69) is 70.3 Å². The molecule has 2 fully saturated rings. The first-order valence-corrected chi connectivity index (χ1v) is 17.1. The number of aromatic nitrogens is 10. The number of carboxylic acid groups (broad SMARTS) is 1. The standard InChI is InChI=1S/C17H16N8O3.C16H14N8O3/c1-28-15(26)10-2-3-12-14(21-10)25(9-4-5-24(12)7-9)17(27)23-16-18-6-11-13(22-16)20-8-19-11;25-14(26)9-1-2-11-13(20-9)24(8-3-4-23(11)6-8)16(27)22-15-17-5-10-12(21-15)19-7-18-10/h2-3,6,8-9H,4-5,7H2,1H3,(H2,18,19,20,22,23,27);1-2,5,7-8H,3-4,6H2,(H,25,26)(H2,17,18,19,21,22,27)/t9-;8-/m00/s1. The molecule has 22 nitrogen and oxygen atoms in total. The molecule has 5 N–H and O–H groups in total. The Labute approximate surface area is 309 Å². The minimum Gasteiger partial charge on any atom is -0.477 e. The summed E-state index contributed by atoms with van der Waals surface area (Å²) in [7, 11) is 1.30. The molecule has 10 rings (SSSR count). The number of imidazole rings is 2. The number of H-pyrrole nitrogens is 2. The van der Waals surface area contributed by atoms with E-state index < -0.39 is 24.0 Å². The van der Waals surface area contributed by atoms with Crippen molar-refractivity contribution in [1.29, 1.82) is 0 Å². The zero-order valence-electron chi connectivity index (χ0n) is 28.9. The summed E-state index contributed by atoms with van der Waals surface area (Å²) in [6, 6.07) is 5.54. The van der Waals surface area contributed by atoms with Crippen LogP contribution in [-0.4, -0.2) is 124 Å². The molecule has 10 heterocycles. The third kappa shape index (κ3) is 5.93. The van der Waals surface area contributed by atoms with E-state index in [0.717, 1.165) is 37.3 Å². The van der Waals surface area contributed by atoms with Crippen LogP contribution in [0.4, 0.5) is 44.5 Å². The van der Waals surface area contributed by atoms with Gasteiger partial charge in [0.15, 0.2) is 34.3 Å². The molecular formula is C33H30N16O6. The highest BCUT2D eigenvalue weighted by molar-refractivity contribution is 6.05. The number of rotatable bonds is 4. The van der Waals surface area contributed by atoms with Crippen LogP contribution in [0, 0.1) is 0 Å². The number of carboxylic acids is 1. The maximum absolute atomic E-state index is 13.1. The molecule has 6 aromatic heterocycles. The summed E-state index contributed by atoms with van der Waals surface area (Å²) in [5, 5.41) is 14.6. The van der Waals surface area contributed by atoms with Crippen LogP contribution >= 0.6 is 0 Å². The van der Waals surface area contributed by atoms with E-state index in [-0.39, 0.29) is 35.4 Å². The second kappa shape index (κ2) is 13.2. The fraction of sp³-hybridized carbons (Fsp3) is 0.273. The maximum atomic E-state index is 13.1. The Hall–Kier alpha value is -7.52. The fourth-order valence-electron chi connectivity index (χ4n) is 7.18. The summed E-state index contributed by atoms with van der Waals surface area (Å²) in [6.07, 6.45) is 7.67. The van der Waals surface area contributed by atoms with E-state index in [9.17, 15) is 24.3 Å². The maximum Gasteiger partial charge on any atom is 0.356 e. The van der Waals surface area contributed by atoms with Crippen LogP contribution in [0.25, 0.3) is 22.3 Å². The number of nitrogens with one attached hydrogen (secondary N) is 4. The highest BCUT2D eigenvalue weighted by atomic mass is 16.5. The number of anilines is 6. The molecule has 0 radical (unpaired) electrons. The Morgan fingerprint density at radius 2 is 1.20 bits per heavy atom. The first kappa shape index (κ1) is 33.3. The average molecular weight is 747 g/mol. The second-order valence-corrected chi connectivity index (χ2v) is 12.9. The van der Waals surface area contributed by atoms with Crippen LogP contribution < -0.4 is 30.2 Å². The lowest BCUT2D eigenvalue weighted by Gasteiger charge is -2.35. The van der Waals surface area contributed by atoms with E-state index in [4.69, 9.17) is 4.74 Å². The number of hydrogen-bond donors (Lipinski definition) is 5. The number of aromatic carboxylic acids is 1. The van der Waals surface area contributed by atoms with Crippen molar-refractivity contribution in [3.05, 3.63) is 60.7 Å². The molecule has 278 valence electrons. The number of pyridine rings is 2. The van der Waals surface area contributed by atoms with Crippen LogP contribution in [0.5, 0.6) is 0 Å². The number of carbonyl (C=O) groups is 4. The molecular weight excluding hydrogens is 716 g/mol. The lowest BCUT2D eigenvalue weighted by atomic mass is 10.2. The number of ether oxygens (including phenoxy) is 1. The summed E-state index contributed by atoms with van der Waals surface area (Å²) in [5.41, 5.74) is 3.83. The molecule has 55 heavy (non-hydrogen) atoms. The zero-order chi connectivity index (χ0) is 37.8. The Morgan fingerprint density at radius 1 is 0.709 bits per heavy atom. The van der Waals surface area contributed by atoms with Crippen molar-refractivity contribution < 1.29 is 29.0 Å². The van der Waals surface area contributed by atoms with E-state index >= 15 is 0 Å². The minimum atomic E-state index is -1.14. The average Bonchev–Trinajstić information content (AvgIpc) is 4.02. The number of fused-ring (bicyclic) bond motifs is 10. The van der Waals surface area contributed by atoms with E-state index in [1.807, 2.05) is 0 Å². The van der Waals surface area contributed by atoms with Crippen molar-refractivity contribution in [2.45, 2.75) is 24.9 Å². The van der Waals surface area contributed by atoms with Gasteiger partial charge in [0, 0.05) is 26.2 Å². The van der Waals surface area contributed by atoms with Gasteiger partial charge in [-0.2, -0.15) is 9.97 Å². The van der Waals surface area contributed by atoms with Crippen LogP contribution in [0.2, 0.25) is 0 Å². The van der Waals surface area contributed by atoms with Crippen molar-refractivity contribution >= 4 is 81.2 Å². The second-order valence-electron chi connectivity index (χ2n) is 12.9. The number of nitrogens with zero attached hydrogens (tertiary/aromatic N) is 12. The Kier molecular flexibility index (Phi) is 7.97. The summed E-state index contributed by atoms with van der Waals surface area (Å²) >= 11 is 0. The lowest BCUT2D eigenvalue weighted by molar-refractivity contribution is 0.0593. The van der Waals surface area contributed by atoms with Gasteiger partial charge in [0.1, 0.15) is 11.0 Å². The number of methoxy groups -OCH3 is 1. The van der Waals surface area contributed by atoms with Crippen LogP contribution in [0.1, 0.15) is 33.8 Å². The Morgan fingerprint density at radius 3 is 1.69 bits per heavy atom. The monoisotopic (exact) mass is 746 g/mol. The SMILES string of the molecule is COC(=O)c1ccc2c(n1)N(C(=O)Nc1ncc3[nH]cnc3n1)[C@H]1CCN2C1.O=C(O)c1ccc2c(n1)N(C(=O)Nc1ncc3[nH]cnc3n1)[C@H]1CCN2C1. The molecule has 4 aliphatic heterocycles. The predicted octanol–water partition coefficient (Wildman–Crippen LogP) is 2.24. The van der Waals surface area contributed by atoms with E-state index in [0.29, 0.717) is 47.1 Å². The van der Waals surface area contributed by atoms with Crippen molar-refractivity contribution in [2.24, 2.45) is 0 Å². The molecule has 0 spiro atoms. The van der Waals surface area contributed by atoms with Gasteiger partial charge in [-0.3, -0.25) is 20.4 Å². The Bertz CT molecular complexity index is 2520. The van der Waals surface area contributed by atoms with Gasteiger partial charge in [0.25, 0.3) is 0 Å². The van der Waals surface area contributed by atoms with Gasteiger partial charge >= 0.3 is 24.0 Å². The molecule has 6 aromatic rings. The Balaban J connectivity index is 0.000000144. The number of aromatic amines is 2. The van der Waals surface area contributed by atoms with Gasteiger partial charge in [0.05, 0.1) is 55.6 Å². The first-order valence-electron chi connectivity index (χ1n) is 17.1. The molecule has 0 aliphatic carbocycles. The van der Waals surface area contributed by atoms with Gasteiger partial charge < -0.3 is 29.6 Å². The fourth-order valence-corrected chi connectivity index (χ4v) is 7.18. The van der Waals surface area contributed by atoms with Crippen LogP contribution in [0.15, 0.2) is 49.3 Å². The highest BCUT2D eigenvalue weighted by Gasteiger charge is 2.42. The first-order chi connectivity index (χ1) is 26.7. The normalized spacial score (nSPS) is 17.7. The smallest absolute Gasteiger partial charge is 0.356 e. The third-order valence-electron chi connectivity index (χ3n) is 9.74. The van der Waals surface area contributed by atoms with Crippen molar-refractivity contribution in [1.82, 2.24) is 49.8 Å². The molecule has 0 unspecified atom stereocenters. The number of carbonyl (C=O) groups excluding carboxylic acids is 3. The molecule has 4 aliphatic rings. The third-order valence-corrected chi connectivity index (χ3v) is 9.74. The van der Waals surface area contributed by atoms with Gasteiger partial charge in [-0.05, 0) is 37.1 Å². The van der Waals surface area contributed by atoms with Gasteiger partial charge in [-0.1, -0.05) is 0 Å². The molecule has 0 saturated carbocycles. The van der Waals surface area contributed by atoms with Gasteiger partial charge in [0.2, 0.25) is 11.9 Å². The molecule has 0 aromatic carbocycles. The lowest BCUT2D eigenvalue weighted by Crippen LogP contribution is -2.48. The van der Waals surface area contributed by atoms with Crippen molar-refractivity contribution in [3.63, 3.8) is 0 Å². The van der Waals surface area contributed by atoms with Crippen molar-refractivity contribution in [3.8, 4) is 0 Å². The van der Waals surface area contributed by atoms with Gasteiger partial charge in [-0.25, -0.2) is 49.1 Å². The molecule has 2 atom stereocenters. The van der Waals surface area contributed by atoms with E-state index in [1.165, 1.54) is 36.9 Å². The molecule has 2 saturated heterocycles. The molecule has 4 bridgehead atoms.